The molecule has 1 aromatic heterocycles. The topological polar surface area (TPSA) is 95.7 Å². The third kappa shape index (κ3) is 4.20. The van der Waals surface area contributed by atoms with Gasteiger partial charge >= 0.3 is 6.01 Å². The van der Waals surface area contributed by atoms with Crippen LogP contribution in [0, 0.1) is 5.82 Å². The molecular formula is C19H18FN3O5. The molecule has 8 nitrogen and oxygen atoms in total. The molecule has 28 heavy (non-hydrogen) atoms. The lowest BCUT2D eigenvalue weighted by molar-refractivity contribution is 0.102. The van der Waals surface area contributed by atoms with Gasteiger partial charge in [0, 0.05) is 5.56 Å². The van der Waals surface area contributed by atoms with Crippen LogP contribution in [-0.4, -0.2) is 37.4 Å². The van der Waals surface area contributed by atoms with Gasteiger partial charge in [0.25, 0.3) is 5.91 Å². The molecule has 9 heteroatoms. The van der Waals surface area contributed by atoms with Crippen LogP contribution < -0.4 is 19.5 Å². The number of amides is 1. The first-order chi connectivity index (χ1) is 13.5. The lowest BCUT2D eigenvalue weighted by Gasteiger charge is -2.13. The van der Waals surface area contributed by atoms with Crippen molar-refractivity contribution < 1.29 is 27.8 Å². The van der Waals surface area contributed by atoms with Crippen molar-refractivity contribution in [3.8, 4) is 17.2 Å². The maximum Gasteiger partial charge on any atom is 0.322 e. The molecule has 1 N–H and O–H groups in total. The summed E-state index contributed by atoms with van der Waals surface area (Å²) in [5, 5.41) is 10.2. The maximum atomic E-state index is 13.0. The summed E-state index contributed by atoms with van der Waals surface area (Å²) in [6.07, 6.45) is 0.313. The van der Waals surface area contributed by atoms with E-state index in [1.165, 1.54) is 45.6 Å². The largest absolute Gasteiger partial charge is 0.493 e. The third-order valence-electron chi connectivity index (χ3n) is 3.88. The van der Waals surface area contributed by atoms with Crippen LogP contribution in [0.5, 0.6) is 17.2 Å². The zero-order valence-electron chi connectivity index (χ0n) is 15.5. The van der Waals surface area contributed by atoms with Gasteiger partial charge < -0.3 is 18.6 Å². The number of nitrogens with zero attached hydrogens (tertiary/aromatic N) is 2. The average Bonchev–Trinajstić information content (AvgIpc) is 3.15. The fraction of sp³-hybridized carbons (Fsp3) is 0.211. The zero-order chi connectivity index (χ0) is 20.1. The molecule has 3 rings (SSSR count). The quantitative estimate of drug-likeness (QED) is 0.665. The number of aromatic nitrogens is 2. The minimum Gasteiger partial charge on any atom is -0.493 e. The van der Waals surface area contributed by atoms with E-state index in [4.69, 9.17) is 18.6 Å². The molecule has 146 valence electrons. The lowest BCUT2D eigenvalue weighted by Crippen LogP contribution is -2.13. The zero-order valence-corrected chi connectivity index (χ0v) is 15.5. The number of rotatable bonds is 7. The molecule has 0 bridgehead atoms. The highest BCUT2D eigenvalue weighted by Crippen LogP contribution is 2.38. The van der Waals surface area contributed by atoms with Gasteiger partial charge in [-0.1, -0.05) is 17.2 Å². The van der Waals surface area contributed by atoms with Crippen molar-refractivity contribution in [2.75, 3.05) is 26.6 Å². The number of ether oxygens (including phenoxy) is 3. The molecule has 1 amide bonds. The van der Waals surface area contributed by atoms with E-state index in [1.54, 1.807) is 12.1 Å². The molecular weight excluding hydrogens is 369 g/mol. The number of carbonyl (C=O) groups excluding carboxylic acids is 1. The third-order valence-corrected chi connectivity index (χ3v) is 3.88. The molecule has 3 aromatic rings. The van der Waals surface area contributed by atoms with Gasteiger partial charge in [-0.3, -0.25) is 10.1 Å². The number of methoxy groups -OCH3 is 3. The molecule has 0 atom stereocenters. The van der Waals surface area contributed by atoms with Gasteiger partial charge in [0.2, 0.25) is 11.6 Å². The molecule has 0 aliphatic carbocycles. The van der Waals surface area contributed by atoms with Crippen LogP contribution in [0.15, 0.2) is 40.8 Å². The number of hydrogen-bond donors (Lipinski definition) is 1. The van der Waals surface area contributed by atoms with E-state index in [0.29, 0.717) is 23.7 Å². The number of benzene rings is 2. The van der Waals surface area contributed by atoms with E-state index in [-0.39, 0.29) is 23.3 Å². The Morgan fingerprint density at radius 3 is 2.25 bits per heavy atom. The van der Waals surface area contributed by atoms with Crippen LogP contribution >= 0.6 is 0 Å². The van der Waals surface area contributed by atoms with E-state index >= 15 is 0 Å². The van der Waals surface area contributed by atoms with Crippen molar-refractivity contribution in [3.63, 3.8) is 0 Å². The first-order valence-electron chi connectivity index (χ1n) is 8.22. The van der Waals surface area contributed by atoms with Gasteiger partial charge in [0.15, 0.2) is 11.5 Å². The number of anilines is 1. The standard InChI is InChI=1S/C19H18FN3O5/c1-25-14-9-12(10-15(26-2)17(14)27-3)18(24)21-19-23-22-16(28-19)8-11-4-6-13(20)7-5-11/h4-7,9-10H,8H2,1-3H3,(H,21,23,24). The predicted octanol–water partition coefficient (Wildman–Crippen LogP) is 3.08. The van der Waals surface area contributed by atoms with Crippen LogP contribution in [0.3, 0.4) is 0 Å². The summed E-state index contributed by atoms with van der Waals surface area (Å²) in [5.74, 6) is 0.528. The highest BCUT2D eigenvalue weighted by Gasteiger charge is 2.18. The number of halogens is 1. The Labute approximate surface area is 160 Å². The van der Waals surface area contributed by atoms with Crippen LogP contribution in [0.4, 0.5) is 10.4 Å². The van der Waals surface area contributed by atoms with Gasteiger partial charge in [-0.25, -0.2) is 4.39 Å². The molecule has 0 unspecified atom stereocenters. The van der Waals surface area contributed by atoms with Crippen LogP contribution in [0.2, 0.25) is 0 Å². The van der Waals surface area contributed by atoms with Crippen molar-refractivity contribution in [1.82, 2.24) is 10.2 Å². The molecule has 0 saturated heterocycles. The molecule has 1 heterocycles. The molecule has 0 fully saturated rings. The van der Waals surface area contributed by atoms with Gasteiger partial charge in [-0.2, -0.15) is 0 Å². The van der Waals surface area contributed by atoms with Crippen LogP contribution in [-0.2, 0) is 6.42 Å². The average molecular weight is 387 g/mol. The monoisotopic (exact) mass is 387 g/mol. The number of carbonyl (C=O) groups is 1. The van der Waals surface area contributed by atoms with Gasteiger partial charge in [-0.15, -0.1) is 5.10 Å². The first-order valence-corrected chi connectivity index (χ1v) is 8.22. The Morgan fingerprint density at radius 2 is 1.68 bits per heavy atom. The van der Waals surface area contributed by atoms with Crippen molar-refractivity contribution in [3.05, 3.63) is 59.2 Å². The van der Waals surface area contributed by atoms with E-state index in [9.17, 15) is 9.18 Å². The summed E-state index contributed by atoms with van der Waals surface area (Å²) in [6.45, 7) is 0. The van der Waals surface area contributed by atoms with Crippen molar-refractivity contribution in [2.45, 2.75) is 6.42 Å². The second-order valence-electron chi connectivity index (χ2n) is 5.67. The Kier molecular flexibility index (Phi) is 5.73. The highest BCUT2D eigenvalue weighted by molar-refractivity contribution is 6.04. The summed E-state index contributed by atoms with van der Waals surface area (Å²) in [5.41, 5.74) is 1.06. The van der Waals surface area contributed by atoms with Gasteiger partial charge in [-0.05, 0) is 29.8 Å². The van der Waals surface area contributed by atoms with Crippen LogP contribution in [0.25, 0.3) is 0 Å². The second kappa shape index (κ2) is 8.38. The van der Waals surface area contributed by atoms with E-state index in [2.05, 4.69) is 15.5 Å². The molecule has 0 aliphatic rings. The molecule has 0 saturated carbocycles. The smallest absolute Gasteiger partial charge is 0.322 e. The van der Waals surface area contributed by atoms with Gasteiger partial charge in [0.1, 0.15) is 5.82 Å². The summed E-state index contributed by atoms with van der Waals surface area (Å²) in [7, 11) is 4.39. The normalized spacial score (nSPS) is 10.4. The Bertz CT molecular complexity index is 947. The van der Waals surface area contributed by atoms with Crippen LogP contribution in [0.1, 0.15) is 21.8 Å². The predicted molar refractivity (Wildman–Crippen MR) is 97.6 cm³/mol. The van der Waals surface area contributed by atoms with Crippen molar-refractivity contribution in [1.29, 1.82) is 0 Å². The lowest BCUT2D eigenvalue weighted by atomic mass is 10.1. The van der Waals surface area contributed by atoms with E-state index < -0.39 is 5.91 Å². The summed E-state index contributed by atoms with van der Waals surface area (Å²) >= 11 is 0. The SMILES string of the molecule is COc1cc(C(=O)Nc2nnc(Cc3ccc(F)cc3)o2)cc(OC)c1OC. The Balaban J connectivity index is 1.74. The number of nitrogens with one attached hydrogen (secondary N) is 1. The maximum absolute atomic E-state index is 13.0. The number of hydrogen-bond acceptors (Lipinski definition) is 7. The molecule has 0 spiro atoms. The van der Waals surface area contributed by atoms with E-state index in [1.807, 2.05) is 0 Å². The minimum absolute atomic E-state index is 0.0594. The Hall–Kier alpha value is -3.62. The summed E-state index contributed by atoms with van der Waals surface area (Å²) in [6, 6.07) is 8.88. The van der Waals surface area contributed by atoms with E-state index in [0.717, 1.165) is 5.56 Å². The van der Waals surface area contributed by atoms with Gasteiger partial charge in [0.05, 0.1) is 27.8 Å². The second-order valence-corrected chi connectivity index (χ2v) is 5.67. The molecule has 0 radical (unpaired) electrons. The fourth-order valence-electron chi connectivity index (χ4n) is 2.53. The summed E-state index contributed by atoms with van der Waals surface area (Å²) < 4.78 is 34.1. The highest BCUT2D eigenvalue weighted by atomic mass is 19.1. The molecule has 2 aromatic carbocycles. The molecule has 0 aliphatic heterocycles. The van der Waals surface area contributed by atoms with Crippen molar-refractivity contribution >= 4 is 11.9 Å². The minimum atomic E-state index is -0.490. The summed E-state index contributed by atoms with van der Waals surface area (Å²) in [4.78, 5) is 12.5. The Morgan fingerprint density at radius 1 is 1.04 bits per heavy atom. The van der Waals surface area contributed by atoms with Crippen molar-refractivity contribution in [2.24, 2.45) is 0 Å². The first kappa shape index (κ1) is 19.2. The fourth-order valence-corrected chi connectivity index (χ4v) is 2.53.